The van der Waals surface area contributed by atoms with E-state index < -0.39 is 0 Å². The number of rotatable bonds is 11. The fourth-order valence-electron chi connectivity index (χ4n) is 4.02. The molecule has 2 aromatic rings. The van der Waals surface area contributed by atoms with E-state index in [-0.39, 0.29) is 23.8 Å². The topological polar surface area (TPSA) is 77.1 Å². The first-order valence-electron chi connectivity index (χ1n) is 11.8. The van der Waals surface area contributed by atoms with Crippen LogP contribution in [0.4, 0.5) is 5.69 Å². The molecule has 1 saturated heterocycles. The number of anilines is 1. The molecule has 1 unspecified atom stereocenters. The molecule has 1 heterocycles. The zero-order valence-electron chi connectivity index (χ0n) is 19.6. The molecule has 2 aromatic carbocycles. The smallest absolute Gasteiger partial charge is 0.254 e. The van der Waals surface area contributed by atoms with Crippen molar-refractivity contribution in [2.75, 3.05) is 32.2 Å². The van der Waals surface area contributed by atoms with Gasteiger partial charge in [0.1, 0.15) is 6.61 Å². The highest BCUT2D eigenvalue weighted by Gasteiger charge is 2.29. The average Bonchev–Trinajstić information content (AvgIpc) is 3.59. The van der Waals surface area contributed by atoms with Gasteiger partial charge in [-0.05, 0) is 67.6 Å². The van der Waals surface area contributed by atoms with Crippen LogP contribution in [0.15, 0.2) is 55.1 Å². The van der Waals surface area contributed by atoms with Crippen molar-refractivity contribution in [1.29, 1.82) is 0 Å². The van der Waals surface area contributed by atoms with Crippen molar-refractivity contribution < 1.29 is 23.8 Å². The molecule has 1 aliphatic carbocycles. The van der Waals surface area contributed by atoms with Gasteiger partial charge >= 0.3 is 0 Å². The number of carbonyl (C=O) groups is 2. The van der Waals surface area contributed by atoms with E-state index >= 15 is 0 Å². The van der Waals surface area contributed by atoms with Crippen molar-refractivity contribution in [3.05, 3.63) is 66.2 Å². The Morgan fingerprint density at radius 2 is 1.94 bits per heavy atom. The molecule has 7 nitrogen and oxygen atoms in total. The van der Waals surface area contributed by atoms with Gasteiger partial charge < -0.3 is 24.4 Å². The average molecular weight is 465 g/mol. The first kappa shape index (κ1) is 23.8. The summed E-state index contributed by atoms with van der Waals surface area (Å²) in [6, 6.07) is 12.8. The normalized spacial score (nSPS) is 17.1. The summed E-state index contributed by atoms with van der Waals surface area (Å²) < 4.78 is 16.9. The SMILES string of the molecule is C=CCOc1ccc(CN(CC2CCCO2)C(=O)c2ccc(NC(=O)C3CC3)cc2)cc1OC. The molecule has 2 fully saturated rings. The molecule has 0 bridgehead atoms. The monoisotopic (exact) mass is 464 g/mol. The van der Waals surface area contributed by atoms with Gasteiger partial charge in [0.25, 0.3) is 5.91 Å². The van der Waals surface area contributed by atoms with Gasteiger partial charge in [-0.15, -0.1) is 0 Å². The van der Waals surface area contributed by atoms with Crippen LogP contribution in [-0.2, 0) is 16.1 Å². The largest absolute Gasteiger partial charge is 0.493 e. The van der Waals surface area contributed by atoms with E-state index in [0.717, 1.165) is 37.9 Å². The van der Waals surface area contributed by atoms with Gasteiger partial charge in [-0.25, -0.2) is 0 Å². The molecule has 1 N–H and O–H groups in total. The van der Waals surface area contributed by atoms with Crippen molar-refractivity contribution in [3.63, 3.8) is 0 Å². The third kappa shape index (κ3) is 6.17. The summed E-state index contributed by atoms with van der Waals surface area (Å²) >= 11 is 0. The Morgan fingerprint density at radius 3 is 2.59 bits per heavy atom. The summed E-state index contributed by atoms with van der Waals surface area (Å²) in [5, 5.41) is 2.91. The number of amides is 2. The highest BCUT2D eigenvalue weighted by molar-refractivity contribution is 5.96. The lowest BCUT2D eigenvalue weighted by atomic mass is 10.1. The minimum absolute atomic E-state index is 0.0261. The molecule has 2 aliphatic rings. The molecular weight excluding hydrogens is 432 g/mol. The number of nitrogens with one attached hydrogen (secondary N) is 1. The third-order valence-corrected chi connectivity index (χ3v) is 6.04. The maximum absolute atomic E-state index is 13.5. The first-order chi connectivity index (χ1) is 16.6. The maximum atomic E-state index is 13.5. The van der Waals surface area contributed by atoms with Crippen LogP contribution in [0.3, 0.4) is 0 Å². The number of carbonyl (C=O) groups excluding carboxylic acids is 2. The standard InChI is InChI=1S/C27H32N2O5/c1-3-14-34-24-13-6-19(16-25(24)32-2)17-29(18-23-5-4-15-33-23)27(31)21-9-11-22(12-10-21)28-26(30)20-7-8-20/h3,6,9-13,16,20,23H,1,4-5,7-8,14-15,17-18H2,2H3,(H,28,30). The quantitative estimate of drug-likeness (QED) is 0.498. The molecular formula is C27H32N2O5. The predicted octanol–water partition coefficient (Wildman–Crippen LogP) is 4.43. The van der Waals surface area contributed by atoms with Gasteiger partial charge in [-0.2, -0.15) is 0 Å². The van der Waals surface area contributed by atoms with Crippen molar-refractivity contribution in [3.8, 4) is 11.5 Å². The van der Waals surface area contributed by atoms with Crippen LogP contribution < -0.4 is 14.8 Å². The van der Waals surface area contributed by atoms with Crippen LogP contribution in [-0.4, -0.2) is 49.7 Å². The van der Waals surface area contributed by atoms with Crippen LogP contribution in [0.1, 0.15) is 41.6 Å². The Kier molecular flexibility index (Phi) is 7.85. The van der Waals surface area contributed by atoms with Crippen LogP contribution in [0.25, 0.3) is 0 Å². The lowest BCUT2D eigenvalue weighted by molar-refractivity contribution is -0.117. The van der Waals surface area contributed by atoms with Gasteiger partial charge in [-0.1, -0.05) is 18.7 Å². The number of benzene rings is 2. The van der Waals surface area contributed by atoms with E-state index in [4.69, 9.17) is 14.2 Å². The summed E-state index contributed by atoms with van der Waals surface area (Å²) in [5.41, 5.74) is 2.21. The molecule has 0 radical (unpaired) electrons. The Bertz CT molecular complexity index is 1010. The summed E-state index contributed by atoms with van der Waals surface area (Å²) in [5.74, 6) is 1.34. The van der Waals surface area contributed by atoms with Gasteiger partial charge in [-0.3, -0.25) is 9.59 Å². The zero-order valence-corrected chi connectivity index (χ0v) is 19.6. The second kappa shape index (κ2) is 11.2. The van der Waals surface area contributed by atoms with Gasteiger partial charge in [0.15, 0.2) is 11.5 Å². The molecule has 34 heavy (non-hydrogen) atoms. The summed E-state index contributed by atoms with van der Waals surface area (Å²) in [4.78, 5) is 27.3. The molecule has 1 atom stereocenters. The molecule has 0 spiro atoms. The zero-order chi connectivity index (χ0) is 23.9. The highest BCUT2D eigenvalue weighted by Crippen LogP contribution is 2.31. The Hall–Kier alpha value is -3.32. The van der Waals surface area contributed by atoms with Crippen molar-refractivity contribution in [2.24, 2.45) is 5.92 Å². The van der Waals surface area contributed by atoms with E-state index in [2.05, 4.69) is 11.9 Å². The lowest BCUT2D eigenvalue weighted by Crippen LogP contribution is -2.37. The van der Waals surface area contributed by atoms with Crippen LogP contribution >= 0.6 is 0 Å². The van der Waals surface area contributed by atoms with Crippen LogP contribution in [0.5, 0.6) is 11.5 Å². The fourth-order valence-corrected chi connectivity index (χ4v) is 4.02. The first-order valence-corrected chi connectivity index (χ1v) is 11.8. The van der Waals surface area contributed by atoms with Crippen LogP contribution in [0.2, 0.25) is 0 Å². The maximum Gasteiger partial charge on any atom is 0.254 e. The number of ether oxygens (including phenoxy) is 3. The second-order valence-electron chi connectivity index (χ2n) is 8.75. The summed E-state index contributed by atoms with van der Waals surface area (Å²) in [6.07, 6.45) is 5.55. The van der Waals surface area contributed by atoms with E-state index in [0.29, 0.717) is 42.4 Å². The van der Waals surface area contributed by atoms with Gasteiger partial charge in [0.2, 0.25) is 5.91 Å². The Morgan fingerprint density at radius 1 is 1.15 bits per heavy atom. The predicted molar refractivity (Wildman–Crippen MR) is 130 cm³/mol. The van der Waals surface area contributed by atoms with E-state index in [1.165, 1.54) is 0 Å². The molecule has 180 valence electrons. The van der Waals surface area contributed by atoms with Gasteiger partial charge in [0, 0.05) is 36.9 Å². The molecule has 2 amide bonds. The molecule has 1 saturated carbocycles. The fraction of sp³-hybridized carbons (Fsp3) is 0.407. The Labute approximate surface area is 200 Å². The number of nitrogens with zero attached hydrogens (tertiary/aromatic N) is 1. The second-order valence-corrected chi connectivity index (χ2v) is 8.75. The van der Waals surface area contributed by atoms with Crippen molar-refractivity contribution in [1.82, 2.24) is 4.90 Å². The van der Waals surface area contributed by atoms with Crippen molar-refractivity contribution in [2.45, 2.75) is 38.3 Å². The van der Waals surface area contributed by atoms with Gasteiger partial charge in [0.05, 0.1) is 13.2 Å². The van der Waals surface area contributed by atoms with Crippen molar-refractivity contribution >= 4 is 17.5 Å². The van der Waals surface area contributed by atoms with E-state index in [9.17, 15) is 9.59 Å². The number of methoxy groups -OCH3 is 1. The highest BCUT2D eigenvalue weighted by atomic mass is 16.5. The molecule has 1 aliphatic heterocycles. The van der Waals surface area contributed by atoms with E-state index in [1.807, 2.05) is 23.1 Å². The lowest BCUT2D eigenvalue weighted by Gasteiger charge is -2.26. The molecule has 7 heteroatoms. The third-order valence-electron chi connectivity index (χ3n) is 6.04. The minimum Gasteiger partial charge on any atom is -0.493 e. The summed E-state index contributed by atoms with van der Waals surface area (Å²) in [7, 11) is 1.60. The molecule has 0 aromatic heterocycles. The summed E-state index contributed by atoms with van der Waals surface area (Å²) in [6.45, 7) is 5.71. The number of hydrogen-bond donors (Lipinski definition) is 1. The minimum atomic E-state index is -0.0819. The van der Waals surface area contributed by atoms with E-state index in [1.54, 1.807) is 37.5 Å². The number of hydrogen-bond acceptors (Lipinski definition) is 5. The van der Waals surface area contributed by atoms with Crippen LogP contribution in [0, 0.1) is 5.92 Å². The Balaban J connectivity index is 1.49. The molecule has 4 rings (SSSR count).